The number of piperidine rings is 1. The fraction of sp³-hybridized carbons (Fsp3) is 0.412. The first-order valence-corrected chi connectivity index (χ1v) is 7.25. The number of benzene rings is 2. The Morgan fingerprint density at radius 2 is 1.89 bits per heavy atom. The SMILES string of the molecule is O[C@H](c1cccc2ccccc12)[C@H]1N[C@@H]2CC[C@H]1C2. The van der Waals surface area contributed by atoms with Crippen molar-refractivity contribution in [2.75, 3.05) is 0 Å². The van der Waals surface area contributed by atoms with E-state index in [9.17, 15) is 5.11 Å². The van der Waals surface area contributed by atoms with Crippen molar-refractivity contribution in [2.24, 2.45) is 5.92 Å². The largest absolute Gasteiger partial charge is 0.387 e. The van der Waals surface area contributed by atoms with E-state index in [-0.39, 0.29) is 12.1 Å². The topological polar surface area (TPSA) is 32.3 Å². The molecule has 0 radical (unpaired) electrons. The number of hydrogen-bond donors (Lipinski definition) is 2. The van der Waals surface area contributed by atoms with Crippen molar-refractivity contribution < 1.29 is 5.11 Å². The van der Waals surface area contributed by atoms with Gasteiger partial charge in [0.05, 0.1) is 6.10 Å². The van der Waals surface area contributed by atoms with E-state index < -0.39 is 0 Å². The number of hydrogen-bond acceptors (Lipinski definition) is 2. The smallest absolute Gasteiger partial charge is 0.0951 e. The average molecular weight is 253 g/mol. The van der Waals surface area contributed by atoms with Crippen molar-refractivity contribution in [3.63, 3.8) is 0 Å². The van der Waals surface area contributed by atoms with E-state index in [1.165, 1.54) is 30.0 Å². The van der Waals surface area contributed by atoms with Gasteiger partial charge in [-0.25, -0.2) is 0 Å². The first-order valence-electron chi connectivity index (χ1n) is 7.25. The van der Waals surface area contributed by atoms with E-state index in [0.717, 1.165) is 5.56 Å². The van der Waals surface area contributed by atoms with Gasteiger partial charge in [-0.05, 0) is 41.5 Å². The van der Waals surface area contributed by atoms with Crippen molar-refractivity contribution in [3.8, 4) is 0 Å². The van der Waals surface area contributed by atoms with Crippen molar-refractivity contribution in [1.82, 2.24) is 5.32 Å². The lowest BCUT2D eigenvalue weighted by molar-refractivity contribution is 0.107. The maximum absolute atomic E-state index is 10.8. The first kappa shape index (κ1) is 11.4. The molecule has 98 valence electrons. The van der Waals surface area contributed by atoms with E-state index in [4.69, 9.17) is 0 Å². The van der Waals surface area contributed by atoms with Gasteiger partial charge in [-0.1, -0.05) is 42.5 Å². The molecule has 2 aromatic carbocycles. The molecule has 1 heterocycles. The predicted molar refractivity (Wildman–Crippen MR) is 77.0 cm³/mol. The fourth-order valence-corrected chi connectivity index (χ4v) is 3.95. The lowest BCUT2D eigenvalue weighted by atomic mass is 9.89. The van der Waals surface area contributed by atoms with Crippen LogP contribution in [0.25, 0.3) is 10.8 Å². The van der Waals surface area contributed by atoms with Gasteiger partial charge >= 0.3 is 0 Å². The molecule has 19 heavy (non-hydrogen) atoms. The third-order valence-electron chi connectivity index (χ3n) is 4.89. The molecule has 1 aliphatic carbocycles. The minimum absolute atomic E-state index is 0.240. The van der Waals surface area contributed by atoms with Crippen molar-refractivity contribution in [2.45, 2.75) is 37.5 Å². The molecule has 2 bridgehead atoms. The second-order valence-corrected chi connectivity index (χ2v) is 5.98. The molecule has 2 fully saturated rings. The molecule has 0 unspecified atom stereocenters. The summed E-state index contributed by atoms with van der Waals surface area (Å²) >= 11 is 0. The molecule has 0 aromatic heterocycles. The Hall–Kier alpha value is -1.38. The Balaban J connectivity index is 1.74. The second kappa shape index (κ2) is 4.32. The minimum atomic E-state index is -0.388. The van der Waals surface area contributed by atoms with E-state index >= 15 is 0 Å². The molecule has 1 saturated heterocycles. The summed E-state index contributed by atoms with van der Waals surface area (Å²) < 4.78 is 0. The van der Waals surface area contributed by atoms with E-state index in [2.05, 4.69) is 29.6 Å². The van der Waals surface area contributed by atoms with E-state index in [1.54, 1.807) is 0 Å². The molecule has 4 atom stereocenters. The Kier molecular flexibility index (Phi) is 2.61. The lowest BCUT2D eigenvalue weighted by Gasteiger charge is -2.28. The highest BCUT2D eigenvalue weighted by molar-refractivity contribution is 5.86. The third-order valence-corrected chi connectivity index (χ3v) is 4.89. The molecular formula is C17H19NO. The third kappa shape index (κ3) is 1.78. The number of nitrogens with one attached hydrogen (secondary N) is 1. The Labute approximate surface area is 113 Å². The van der Waals surface area contributed by atoms with Crippen LogP contribution in [0.3, 0.4) is 0 Å². The van der Waals surface area contributed by atoms with Crippen LogP contribution >= 0.6 is 0 Å². The number of rotatable bonds is 2. The van der Waals surface area contributed by atoms with Crippen LogP contribution in [0.1, 0.15) is 30.9 Å². The van der Waals surface area contributed by atoms with E-state index in [0.29, 0.717) is 12.0 Å². The molecule has 0 spiro atoms. The van der Waals surface area contributed by atoms with Gasteiger partial charge < -0.3 is 10.4 Å². The van der Waals surface area contributed by atoms with Crippen LogP contribution < -0.4 is 5.32 Å². The van der Waals surface area contributed by atoms with Crippen molar-refractivity contribution in [1.29, 1.82) is 0 Å². The number of aliphatic hydroxyl groups is 1. The fourth-order valence-electron chi connectivity index (χ4n) is 3.95. The molecule has 1 aliphatic heterocycles. The highest BCUT2D eigenvalue weighted by atomic mass is 16.3. The summed E-state index contributed by atoms with van der Waals surface area (Å²) in [4.78, 5) is 0. The van der Waals surface area contributed by atoms with Crippen LogP contribution in [-0.2, 0) is 0 Å². The summed E-state index contributed by atoms with van der Waals surface area (Å²) in [6.07, 6.45) is 3.40. The molecule has 2 heteroatoms. The normalized spacial score (nSPS) is 30.9. The van der Waals surface area contributed by atoms with Crippen LogP contribution in [0.15, 0.2) is 42.5 Å². The van der Waals surface area contributed by atoms with Gasteiger partial charge in [0.25, 0.3) is 0 Å². The maximum atomic E-state index is 10.8. The van der Waals surface area contributed by atoms with Gasteiger partial charge in [-0.3, -0.25) is 0 Å². The quantitative estimate of drug-likeness (QED) is 0.862. The van der Waals surface area contributed by atoms with Crippen LogP contribution in [-0.4, -0.2) is 17.2 Å². The number of fused-ring (bicyclic) bond motifs is 3. The second-order valence-electron chi connectivity index (χ2n) is 5.98. The zero-order valence-electron chi connectivity index (χ0n) is 10.9. The molecule has 4 rings (SSSR count). The molecule has 1 saturated carbocycles. The summed E-state index contributed by atoms with van der Waals surface area (Å²) in [6, 6.07) is 15.4. The zero-order valence-corrected chi connectivity index (χ0v) is 10.9. The van der Waals surface area contributed by atoms with Gasteiger partial charge in [-0.15, -0.1) is 0 Å². The molecule has 0 amide bonds. The standard InChI is InChI=1S/C17H19NO/c19-17(16-12-8-9-13(10-12)18-16)15-7-3-5-11-4-1-2-6-14(11)15/h1-7,12-13,16-19H,8-10H2/t12-,13+,16-,17+/m0/s1. The van der Waals surface area contributed by atoms with E-state index in [1.807, 2.05) is 18.2 Å². The monoisotopic (exact) mass is 253 g/mol. The average Bonchev–Trinajstić information content (AvgIpc) is 3.08. The first-order chi connectivity index (χ1) is 9.33. The van der Waals surface area contributed by atoms with Gasteiger partial charge in [0.15, 0.2) is 0 Å². The van der Waals surface area contributed by atoms with Gasteiger partial charge in [-0.2, -0.15) is 0 Å². The predicted octanol–water partition coefficient (Wildman–Crippen LogP) is 3.01. The Morgan fingerprint density at radius 1 is 1.05 bits per heavy atom. The molecule has 2 aromatic rings. The van der Waals surface area contributed by atoms with Gasteiger partial charge in [0.1, 0.15) is 0 Å². The molecular weight excluding hydrogens is 234 g/mol. The van der Waals surface area contributed by atoms with Gasteiger partial charge in [0.2, 0.25) is 0 Å². The van der Waals surface area contributed by atoms with Crippen LogP contribution in [0.5, 0.6) is 0 Å². The van der Waals surface area contributed by atoms with Crippen molar-refractivity contribution in [3.05, 3.63) is 48.0 Å². The highest BCUT2D eigenvalue weighted by Gasteiger charge is 2.42. The summed E-state index contributed by atoms with van der Waals surface area (Å²) in [5.74, 6) is 0.652. The minimum Gasteiger partial charge on any atom is -0.387 e. The van der Waals surface area contributed by atoms with Crippen molar-refractivity contribution >= 4 is 10.8 Å². The van der Waals surface area contributed by atoms with Crippen LogP contribution in [0, 0.1) is 5.92 Å². The molecule has 2 nitrogen and oxygen atoms in total. The molecule has 2 N–H and O–H groups in total. The summed E-state index contributed by atoms with van der Waals surface area (Å²) in [7, 11) is 0. The maximum Gasteiger partial charge on any atom is 0.0951 e. The summed E-state index contributed by atoms with van der Waals surface area (Å²) in [6.45, 7) is 0. The molecule has 2 aliphatic rings. The highest BCUT2D eigenvalue weighted by Crippen LogP contribution is 2.41. The lowest BCUT2D eigenvalue weighted by Crippen LogP contribution is -2.40. The summed E-state index contributed by atoms with van der Waals surface area (Å²) in [5.41, 5.74) is 1.07. The summed E-state index contributed by atoms with van der Waals surface area (Å²) in [5, 5.41) is 16.8. The van der Waals surface area contributed by atoms with Crippen LogP contribution in [0.2, 0.25) is 0 Å². The zero-order chi connectivity index (χ0) is 12.8. The van der Waals surface area contributed by atoms with Crippen LogP contribution in [0.4, 0.5) is 0 Å². The van der Waals surface area contributed by atoms with Gasteiger partial charge in [0, 0.05) is 12.1 Å². The Bertz CT molecular complexity index is 604. The number of aliphatic hydroxyl groups excluding tert-OH is 1. The Morgan fingerprint density at radius 3 is 2.68 bits per heavy atom.